The second-order valence-corrected chi connectivity index (χ2v) is 3.38. The van der Waals surface area contributed by atoms with Gasteiger partial charge in [0.1, 0.15) is 0 Å². The van der Waals surface area contributed by atoms with Crippen LogP contribution in [0.2, 0.25) is 0 Å². The molecule has 68 valence electrons. The standard InChI is InChI=1S/C8H21N3/c1-7(2)11(8(3)4)6-5-10-9/h7-8,10H,5-6,9H2,1-4H3. The van der Waals surface area contributed by atoms with Crippen molar-refractivity contribution in [3.8, 4) is 0 Å². The Labute approximate surface area is 69.9 Å². The van der Waals surface area contributed by atoms with Crippen molar-refractivity contribution in [2.75, 3.05) is 13.1 Å². The molecule has 0 bridgehead atoms. The molecule has 0 aliphatic carbocycles. The fraction of sp³-hybridized carbons (Fsp3) is 1.00. The number of nitrogens with zero attached hydrogens (tertiary/aromatic N) is 1. The van der Waals surface area contributed by atoms with Crippen LogP contribution in [-0.2, 0) is 0 Å². The van der Waals surface area contributed by atoms with Crippen LogP contribution in [-0.4, -0.2) is 30.1 Å². The maximum atomic E-state index is 5.20. The molecule has 0 aromatic rings. The first-order valence-electron chi connectivity index (χ1n) is 4.28. The molecule has 0 saturated carbocycles. The van der Waals surface area contributed by atoms with E-state index in [1.165, 1.54) is 0 Å². The molecule has 0 rings (SSSR count). The van der Waals surface area contributed by atoms with Crippen molar-refractivity contribution in [2.24, 2.45) is 5.84 Å². The Balaban J connectivity index is 3.70. The van der Waals surface area contributed by atoms with Crippen LogP contribution in [0.3, 0.4) is 0 Å². The summed E-state index contributed by atoms with van der Waals surface area (Å²) in [5.74, 6) is 5.20. The maximum absolute atomic E-state index is 5.20. The van der Waals surface area contributed by atoms with Gasteiger partial charge in [-0.3, -0.25) is 16.2 Å². The van der Waals surface area contributed by atoms with Crippen molar-refractivity contribution in [2.45, 2.75) is 39.8 Å². The number of rotatable bonds is 5. The van der Waals surface area contributed by atoms with Gasteiger partial charge in [-0.1, -0.05) is 0 Å². The van der Waals surface area contributed by atoms with E-state index in [0.717, 1.165) is 13.1 Å². The first-order chi connectivity index (χ1) is 5.09. The Hall–Kier alpha value is -0.120. The molecule has 0 saturated heterocycles. The predicted octanol–water partition coefficient (Wildman–Crippen LogP) is 0.569. The average Bonchev–Trinajstić information content (AvgIpc) is 1.87. The fourth-order valence-corrected chi connectivity index (χ4v) is 1.31. The van der Waals surface area contributed by atoms with E-state index >= 15 is 0 Å². The van der Waals surface area contributed by atoms with E-state index in [-0.39, 0.29) is 0 Å². The van der Waals surface area contributed by atoms with Gasteiger partial charge in [0.15, 0.2) is 0 Å². The summed E-state index contributed by atoms with van der Waals surface area (Å²) in [5, 5.41) is 0. The smallest absolute Gasteiger partial charge is 0.0225 e. The Bertz CT molecular complexity index is 83.3. The third kappa shape index (κ3) is 4.35. The summed E-state index contributed by atoms with van der Waals surface area (Å²) in [6.07, 6.45) is 0. The number of hydrazine groups is 1. The van der Waals surface area contributed by atoms with Crippen LogP contribution in [0.1, 0.15) is 27.7 Å². The molecule has 0 spiro atoms. The minimum atomic E-state index is 0.600. The van der Waals surface area contributed by atoms with Gasteiger partial charge in [0.25, 0.3) is 0 Å². The maximum Gasteiger partial charge on any atom is 0.0225 e. The molecule has 0 heterocycles. The van der Waals surface area contributed by atoms with Crippen molar-refractivity contribution in [3.05, 3.63) is 0 Å². The molecule has 11 heavy (non-hydrogen) atoms. The van der Waals surface area contributed by atoms with E-state index < -0.39 is 0 Å². The summed E-state index contributed by atoms with van der Waals surface area (Å²) < 4.78 is 0. The Morgan fingerprint density at radius 3 is 1.91 bits per heavy atom. The zero-order chi connectivity index (χ0) is 8.85. The summed E-state index contributed by atoms with van der Waals surface area (Å²) >= 11 is 0. The number of nitrogens with two attached hydrogens (primary N) is 1. The monoisotopic (exact) mass is 159 g/mol. The molecule has 3 nitrogen and oxygen atoms in total. The lowest BCUT2D eigenvalue weighted by molar-refractivity contribution is 0.176. The van der Waals surface area contributed by atoms with Crippen molar-refractivity contribution in [3.63, 3.8) is 0 Å². The van der Waals surface area contributed by atoms with E-state index in [1.54, 1.807) is 0 Å². The quantitative estimate of drug-likeness (QED) is 0.455. The molecule has 0 aliphatic heterocycles. The van der Waals surface area contributed by atoms with Gasteiger partial charge in [0.05, 0.1) is 0 Å². The van der Waals surface area contributed by atoms with Crippen molar-refractivity contribution in [1.29, 1.82) is 0 Å². The van der Waals surface area contributed by atoms with Crippen LogP contribution in [0.5, 0.6) is 0 Å². The highest BCUT2D eigenvalue weighted by molar-refractivity contribution is 4.67. The molecule has 0 aromatic heterocycles. The lowest BCUT2D eigenvalue weighted by Crippen LogP contribution is -2.42. The van der Waals surface area contributed by atoms with E-state index in [9.17, 15) is 0 Å². The molecule has 0 amide bonds. The van der Waals surface area contributed by atoms with E-state index in [2.05, 4.69) is 38.0 Å². The van der Waals surface area contributed by atoms with Crippen LogP contribution in [0.15, 0.2) is 0 Å². The van der Waals surface area contributed by atoms with E-state index in [1.807, 2.05) is 0 Å². The molecule has 0 atom stereocenters. The molecule has 0 unspecified atom stereocenters. The summed E-state index contributed by atoms with van der Waals surface area (Å²) in [7, 11) is 0. The van der Waals surface area contributed by atoms with Gasteiger partial charge >= 0.3 is 0 Å². The lowest BCUT2D eigenvalue weighted by Gasteiger charge is -2.30. The summed E-state index contributed by atoms with van der Waals surface area (Å²) in [6, 6.07) is 1.20. The van der Waals surface area contributed by atoms with Crippen LogP contribution < -0.4 is 11.3 Å². The van der Waals surface area contributed by atoms with Crippen LogP contribution >= 0.6 is 0 Å². The largest absolute Gasteiger partial charge is 0.297 e. The minimum absolute atomic E-state index is 0.600. The summed E-state index contributed by atoms with van der Waals surface area (Å²) in [6.45, 7) is 10.7. The molecule has 3 N–H and O–H groups in total. The van der Waals surface area contributed by atoms with Crippen molar-refractivity contribution < 1.29 is 0 Å². The molecule has 3 heteroatoms. The highest BCUT2D eigenvalue weighted by Gasteiger charge is 2.11. The Kier molecular flexibility index (Phi) is 5.46. The second kappa shape index (κ2) is 5.52. The fourth-order valence-electron chi connectivity index (χ4n) is 1.31. The van der Waals surface area contributed by atoms with Gasteiger partial charge in [-0.05, 0) is 27.7 Å². The highest BCUT2D eigenvalue weighted by atomic mass is 15.2. The summed E-state index contributed by atoms with van der Waals surface area (Å²) in [4.78, 5) is 2.40. The van der Waals surface area contributed by atoms with Crippen molar-refractivity contribution >= 4 is 0 Å². The SMILES string of the molecule is CC(C)N(CCNN)C(C)C. The highest BCUT2D eigenvalue weighted by Crippen LogP contribution is 2.02. The molecular formula is C8H21N3. The zero-order valence-corrected chi connectivity index (χ0v) is 8.09. The number of nitrogens with one attached hydrogen (secondary N) is 1. The molecule has 0 aliphatic rings. The molecule has 0 radical (unpaired) electrons. The van der Waals surface area contributed by atoms with Crippen LogP contribution in [0, 0.1) is 0 Å². The van der Waals surface area contributed by atoms with E-state index in [4.69, 9.17) is 5.84 Å². The number of hydrogen-bond donors (Lipinski definition) is 2. The number of hydrogen-bond acceptors (Lipinski definition) is 3. The normalized spacial score (nSPS) is 12.0. The van der Waals surface area contributed by atoms with E-state index in [0.29, 0.717) is 12.1 Å². The molecular weight excluding hydrogens is 138 g/mol. The van der Waals surface area contributed by atoms with Gasteiger partial charge in [-0.15, -0.1) is 0 Å². The van der Waals surface area contributed by atoms with Crippen molar-refractivity contribution in [1.82, 2.24) is 10.3 Å². The van der Waals surface area contributed by atoms with Gasteiger partial charge in [-0.25, -0.2) is 0 Å². The van der Waals surface area contributed by atoms with Gasteiger partial charge in [0, 0.05) is 25.2 Å². The Morgan fingerprint density at radius 2 is 1.64 bits per heavy atom. The van der Waals surface area contributed by atoms with Crippen LogP contribution in [0.25, 0.3) is 0 Å². The third-order valence-corrected chi connectivity index (χ3v) is 1.84. The molecule has 0 aromatic carbocycles. The summed E-state index contributed by atoms with van der Waals surface area (Å²) in [5.41, 5.74) is 2.67. The van der Waals surface area contributed by atoms with Gasteiger partial charge in [0.2, 0.25) is 0 Å². The first-order valence-corrected chi connectivity index (χ1v) is 4.28. The van der Waals surface area contributed by atoms with Crippen LogP contribution in [0.4, 0.5) is 0 Å². The first kappa shape index (κ1) is 10.9. The zero-order valence-electron chi connectivity index (χ0n) is 8.09. The molecule has 0 fully saturated rings. The average molecular weight is 159 g/mol. The minimum Gasteiger partial charge on any atom is -0.297 e. The lowest BCUT2D eigenvalue weighted by atomic mass is 10.2. The topological polar surface area (TPSA) is 41.3 Å². The Morgan fingerprint density at radius 1 is 1.18 bits per heavy atom. The third-order valence-electron chi connectivity index (χ3n) is 1.84. The van der Waals surface area contributed by atoms with Gasteiger partial charge < -0.3 is 0 Å². The second-order valence-electron chi connectivity index (χ2n) is 3.38. The predicted molar refractivity (Wildman–Crippen MR) is 49.2 cm³/mol. The van der Waals surface area contributed by atoms with Gasteiger partial charge in [-0.2, -0.15) is 0 Å².